The van der Waals surface area contributed by atoms with E-state index in [2.05, 4.69) is 10.1 Å². The summed E-state index contributed by atoms with van der Waals surface area (Å²) in [5.74, 6) is -0.509. The van der Waals surface area contributed by atoms with Crippen LogP contribution in [0.2, 0.25) is 0 Å². The summed E-state index contributed by atoms with van der Waals surface area (Å²) in [7, 11) is 0. The third-order valence-corrected chi connectivity index (χ3v) is 3.64. The molecule has 19 heavy (non-hydrogen) atoms. The number of aromatic nitrogens is 3. The van der Waals surface area contributed by atoms with Gasteiger partial charge in [0.15, 0.2) is 5.65 Å². The molecular formula is C14H17N3O2. The number of carboxylic acids is 1. The van der Waals surface area contributed by atoms with Gasteiger partial charge in [-0.05, 0) is 45.1 Å². The number of hydrogen-bond acceptors (Lipinski definition) is 3. The SMILES string of the molecule is Cc1nn(C(C)C)c2ncc(C3CC3)c(C(=O)O)c12. The Morgan fingerprint density at radius 3 is 2.68 bits per heavy atom. The minimum atomic E-state index is -0.874. The van der Waals surface area contributed by atoms with Crippen LogP contribution in [0.3, 0.4) is 0 Å². The smallest absolute Gasteiger partial charge is 0.336 e. The van der Waals surface area contributed by atoms with E-state index >= 15 is 0 Å². The van der Waals surface area contributed by atoms with Gasteiger partial charge in [-0.25, -0.2) is 14.5 Å². The molecule has 1 fully saturated rings. The van der Waals surface area contributed by atoms with Crippen LogP contribution in [0.25, 0.3) is 11.0 Å². The van der Waals surface area contributed by atoms with Gasteiger partial charge < -0.3 is 5.11 Å². The zero-order chi connectivity index (χ0) is 13.7. The van der Waals surface area contributed by atoms with Crippen molar-refractivity contribution in [1.29, 1.82) is 0 Å². The van der Waals surface area contributed by atoms with E-state index in [1.54, 1.807) is 10.9 Å². The van der Waals surface area contributed by atoms with Crippen molar-refractivity contribution in [2.75, 3.05) is 0 Å². The average Bonchev–Trinajstić information content (AvgIpc) is 3.13. The third kappa shape index (κ3) is 1.80. The van der Waals surface area contributed by atoms with E-state index in [0.29, 0.717) is 22.5 Å². The van der Waals surface area contributed by atoms with E-state index in [1.807, 2.05) is 20.8 Å². The van der Waals surface area contributed by atoms with Crippen LogP contribution in [0.4, 0.5) is 0 Å². The quantitative estimate of drug-likeness (QED) is 0.920. The summed E-state index contributed by atoms with van der Waals surface area (Å²) in [6, 6.07) is 0.164. The van der Waals surface area contributed by atoms with Crippen molar-refractivity contribution in [2.45, 2.75) is 45.6 Å². The standard InChI is InChI=1S/C14H17N3O2/c1-7(2)17-13-11(8(3)16-17)12(14(18)19)10(6-15-13)9-4-5-9/h6-7,9H,4-5H2,1-3H3,(H,18,19). The maximum atomic E-state index is 11.6. The Kier molecular flexibility index (Phi) is 2.59. The maximum absolute atomic E-state index is 11.6. The van der Waals surface area contributed by atoms with Crippen LogP contribution in [-0.2, 0) is 0 Å². The van der Waals surface area contributed by atoms with Crippen molar-refractivity contribution in [1.82, 2.24) is 14.8 Å². The summed E-state index contributed by atoms with van der Waals surface area (Å²) in [6.07, 6.45) is 3.85. The molecule has 2 aromatic rings. The number of carboxylic acid groups (broad SMARTS) is 1. The molecule has 0 unspecified atom stereocenters. The van der Waals surface area contributed by atoms with E-state index in [1.165, 1.54) is 0 Å². The molecular weight excluding hydrogens is 242 g/mol. The van der Waals surface area contributed by atoms with Crippen LogP contribution in [-0.4, -0.2) is 25.8 Å². The van der Waals surface area contributed by atoms with E-state index < -0.39 is 5.97 Å². The molecule has 1 N–H and O–H groups in total. The van der Waals surface area contributed by atoms with Crippen molar-refractivity contribution in [3.05, 3.63) is 23.0 Å². The highest BCUT2D eigenvalue weighted by atomic mass is 16.4. The first-order valence-corrected chi connectivity index (χ1v) is 6.61. The summed E-state index contributed by atoms with van der Waals surface area (Å²) >= 11 is 0. The molecule has 2 heterocycles. The van der Waals surface area contributed by atoms with Gasteiger partial charge in [0.25, 0.3) is 0 Å². The number of hydrogen-bond donors (Lipinski definition) is 1. The van der Waals surface area contributed by atoms with E-state index in [0.717, 1.165) is 24.1 Å². The molecule has 100 valence electrons. The lowest BCUT2D eigenvalue weighted by Crippen LogP contribution is -2.07. The van der Waals surface area contributed by atoms with Gasteiger partial charge in [-0.1, -0.05) is 0 Å². The molecule has 0 amide bonds. The van der Waals surface area contributed by atoms with Crippen LogP contribution in [0.15, 0.2) is 6.20 Å². The Labute approximate surface area is 111 Å². The molecule has 0 saturated heterocycles. The van der Waals surface area contributed by atoms with Crippen LogP contribution in [0, 0.1) is 6.92 Å². The van der Waals surface area contributed by atoms with Crippen molar-refractivity contribution in [3.8, 4) is 0 Å². The number of pyridine rings is 1. The largest absolute Gasteiger partial charge is 0.478 e. The summed E-state index contributed by atoms with van der Waals surface area (Å²) < 4.78 is 1.80. The number of aryl methyl sites for hydroxylation is 1. The van der Waals surface area contributed by atoms with Gasteiger partial charge in [0, 0.05) is 12.2 Å². The summed E-state index contributed by atoms with van der Waals surface area (Å²) in [6.45, 7) is 5.89. The second-order valence-electron chi connectivity index (χ2n) is 5.49. The molecule has 0 radical (unpaired) electrons. The van der Waals surface area contributed by atoms with Gasteiger partial charge >= 0.3 is 5.97 Å². The highest BCUT2D eigenvalue weighted by Gasteiger charge is 2.31. The lowest BCUT2D eigenvalue weighted by molar-refractivity contribution is 0.0697. The van der Waals surface area contributed by atoms with Crippen LogP contribution >= 0.6 is 0 Å². The Hall–Kier alpha value is -1.91. The van der Waals surface area contributed by atoms with Crippen LogP contribution < -0.4 is 0 Å². The van der Waals surface area contributed by atoms with Crippen molar-refractivity contribution < 1.29 is 9.90 Å². The predicted octanol–water partition coefficient (Wildman–Crippen LogP) is 2.90. The molecule has 5 nitrogen and oxygen atoms in total. The molecule has 3 rings (SSSR count). The van der Waals surface area contributed by atoms with Crippen molar-refractivity contribution in [3.63, 3.8) is 0 Å². The Morgan fingerprint density at radius 2 is 2.16 bits per heavy atom. The fraction of sp³-hybridized carbons (Fsp3) is 0.500. The molecule has 1 aliphatic carbocycles. The van der Waals surface area contributed by atoms with Gasteiger partial charge in [0.2, 0.25) is 0 Å². The highest BCUT2D eigenvalue weighted by molar-refractivity contribution is 6.04. The minimum absolute atomic E-state index is 0.164. The number of rotatable bonds is 3. The molecule has 5 heteroatoms. The van der Waals surface area contributed by atoms with E-state index in [-0.39, 0.29) is 6.04 Å². The molecule has 0 spiro atoms. The number of carbonyl (C=O) groups is 1. The van der Waals surface area contributed by atoms with Gasteiger partial charge in [0.05, 0.1) is 16.6 Å². The fourth-order valence-corrected chi connectivity index (χ4v) is 2.59. The Bertz CT molecular complexity index is 669. The first kappa shape index (κ1) is 12.1. The second-order valence-corrected chi connectivity index (χ2v) is 5.49. The molecule has 0 aromatic carbocycles. The first-order chi connectivity index (χ1) is 9.00. The molecule has 0 atom stereocenters. The van der Waals surface area contributed by atoms with Crippen molar-refractivity contribution >= 4 is 17.0 Å². The van der Waals surface area contributed by atoms with Crippen LogP contribution in [0.1, 0.15) is 60.3 Å². The molecule has 1 saturated carbocycles. The van der Waals surface area contributed by atoms with Gasteiger partial charge in [-0.15, -0.1) is 0 Å². The molecule has 0 bridgehead atoms. The zero-order valence-electron chi connectivity index (χ0n) is 11.3. The fourth-order valence-electron chi connectivity index (χ4n) is 2.59. The van der Waals surface area contributed by atoms with E-state index in [9.17, 15) is 9.90 Å². The maximum Gasteiger partial charge on any atom is 0.336 e. The average molecular weight is 259 g/mol. The Morgan fingerprint density at radius 1 is 1.47 bits per heavy atom. The van der Waals surface area contributed by atoms with Crippen LogP contribution in [0.5, 0.6) is 0 Å². The van der Waals surface area contributed by atoms with Gasteiger partial charge in [0.1, 0.15) is 0 Å². The second kappa shape index (κ2) is 4.05. The molecule has 1 aliphatic rings. The Balaban J connectivity index is 2.36. The molecule has 0 aliphatic heterocycles. The highest BCUT2D eigenvalue weighted by Crippen LogP contribution is 2.43. The first-order valence-electron chi connectivity index (χ1n) is 6.61. The summed E-state index contributed by atoms with van der Waals surface area (Å²) in [4.78, 5) is 16.1. The predicted molar refractivity (Wildman–Crippen MR) is 71.6 cm³/mol. The summed E-state index contributed by atoms with van der Waals surface area (Å²) in [5.41, 5.74) is 2.69. The monoisotopic (exact) mass is 259 g/mol. The normalized spacial score (nSPS) is 15.4. The topological polar surface area (TPSA) is 68.0 Å². The lowest BCUT2D eigenvalue weighted by atomic mass is 10.0. The lowest BCUT2D eigenvalue weighted by Gasteiger charge is -2.08. The minimum Gasteiger partial charge on any atom is -0.478 e. The number of nitrogens with zero attached hydrogens (tertiary/aromatic N) is 3. The zero-order valence-corrected chi connectivity index (χ0v) is 11.3. The van der Waals surface area contributed by atoms with Gasteiger partial charge in [-0.3, -0.25) is 0 Å². The number of fused-ring (bicyclic) bond motifs is 1. The molecule has 2 aromatic heterocycles. The van der Waals surface area contributed by atoms with Gasteiger partial charge in [-0.2, -0.15) is 5.10 Å². The van der Waals surface area contributed by atoms with Crippen molar-refractivity contribution in [2.24, 2.45) is 0 Å². The number of aromatic carboxylic acids is 1. The third-order valence-electron chi connectivity index (χ3n) is 3.64. The summed E-state index contributed by atoms with van der Waals surface area (Å²) in [5, 5.41) is 14.7. The van der Waals surface area contributed by atoms with E-state index in [4.69, 9.17) is 0 Å².